The van der Waals surface area contributed by atoms with Crippen molar-refractivity contribution in [3.8, 4) is 11.3 Å². The van der Waals surface area contributed by atoms with Gasteiger partial charge >= 0.3 is 0 Å². The predicted octanol–water partition coefficient (Wildman–Crippen LogP) is 3.94. The van der Waals surface area contributed by atoms with E-state index in [-0.39, 0.29) is 0 Å². The Morgan fingerprint density at radius 3 is 2.83 bits per heavy atom. The maximum absolute atomic E-state index is 4.39. The zero-order chi connectivity index (χ0) is 8.55. The molecule has 0 atom stereocenters. The van der Waals surface area contributed by atoms with Gasteiger partial charge in [0.05, 0.1) is 5.69 Å². The maximum atomic E-state index is 4.39. The van der Waals surface area contributed by atoms with Gasteiger partial charge in [-0.25, -0.2) is 4.98 Å². The summed E-state index contributed by atoms with van der Waals surface area (Å²) in [6.07, 6.45) is 0. The van der Waals surface area contributed by atoms with Gasteiger partial charge < -0.3 is 0 Å². The first-order valence-electron chi connectivity index (χ1n) is 3.43. The normalized spacial score (nSPS) is 10.5. The summed E-state index contributed by atoms with van der Waals surface area (Å²) in [6, 6.07) is 2.10. The molecule has 62 valence electrons. The van der Waals surface area contributed by atoms with E-state index in [4.69, 9.17) is 0 Å². The van der Waals surface area contributed by atoms with Crippen LogP contribution in [0.15, 0.2) is 20.7 Å². The van der Waals surface area contributed by atoms with E-state index < -0.39 is 0 Å². The number of aryl methyl sites for hydroxylation is 1. The van der Waals surface area contributed by atoms with E-state index in [0.29, 0.717) is 0 Å². The van der Waals surface area contributed by atoms with Crippen molar-refractivity contribution >= 4 is 38.6 Å². The van der Waals surface area contributed by atoms with Crippen molar-refractivity contribution in [1.82, 2.24) is 4.98 Å². The zero-order valence-electron chi connectivity index (χ0n) is 6.37. The van der Waals surface area contributed by atoms with Crippen LogP contribution in [0.3, 0.4) is 0 Å². The van der Waals surface area contributed by atoms with Crippen LogP contribution in [0, 0.1) is 6.92 Å². The van der Waals surface area contributed by atoms with Gasteiger partial charge in [0, 0.05) is 15.8 Å². The second-order valence-electron chi connectivity index (χ2n) is 2.38. The van der Waals surface area contributed by atoms with Crippen molar-refractivity contribution in [2.24, 2.45) is 0 Å². The molecule has 0 aromatic carbocycles. The average molecular weight is 260 g/mol. The van der Waals surface area contributed by atoms with Crippen LogP contribution in [0.2, 0.25) is 0 Å². The summed E-state index contributed by atoms with van der Waals surface area (Å²) < 4.78 is 0.959. The Balaban J connectivity index is 2.54. The summed E-state index contributed by atoms with van der Waals surface area (Å²) in [5, 5.41) is 4.19. The van der Waals surface area contributed by atoms with E-state index >= 15 is 0 Å². The molecule has 0 aliphatic heterocycles. The molecule has 0 aliphatic carbocycles. The van der Waals surface area contributed by atoms with Gasteiger partial charge in [-0.2, -0.15) is 11.3 Å². The summed E-state index contributed by atoms with van der Waals surface area (Å²) >= 11 is 6.76. The lowest BCUT2D eigenvalue weighted by Gasteiger charge is -1.90. The number of halogens is 1. The van der Waals surface area contributed by atoms with Crippen LogP contribution in [-0.2, 0) is 0 Å². The standard InChI is InChI=1S/C8H6BrNS2/c1-5-7(10-8(9)12-5)6-2-3-11-4-6/h2-4H,1H3. The highest BCUT2D eigenvalue weighted by atomic mass is 79.9. The molecule has 0 saturated carbocycles. The largest absolute Gasteiger partial charge is 0.229 e. The fourth-order valence-electron chi connectivity index (χ4n) is 1.03. The van der Waals surface area contributed by atoms with Crippen LogP contribution in [0.5, 0.6) is 0 Å². The molecule has 12 heavy (non-hydrogen) atoms. The third-order valence-electron chi connectivity index (χ3n) is 1.57. The first kappa shape index (κ1) is 8.41. The van der Waals surface area contributed by atoms with Crippen molar-refractivity contribution in [3.05, 3.63) is 25.6 Å². The van der Waals surface area contributed by atoms with Crippen LogP contribution in [0.4, 0.5) is 0 Å². The summed E-state index contributed by atoms with van der Waals surface area (Å²) in [4.78, 5) is 5.66. The minimum absolute atomic E-state index is 0.959. The number of hydrogen-bond acceptors (Lipinski definition) is 3. The minimum Gasteiger partial charge on any atom is -0.229 e. The number of hydrogen-bond donors (Lipinski definition) is 0. The SMILES string of the molecule is Cc1sc(Br)nc1-c1ccsc1. The first-order chi connectivity index (χ1) is 5.77. The van der Waals surface area contributed by atoms with Crippen molar-refractivity contribution in [2.45, 2.75) is 6.92 Å². The highest BCUT2D eigenvalue weighted by Crippen LogP contribution is 2.31. The molecular formula is C8H6BrNS2. The molecule has 0 amide bonds. The van der Waals surface area contributed by atoms with Crippen LogP contribution in [0.25, 0.3) is 11.3 Å². The quantitative estimate of drug-likeness (QED) is 0.756. The monoisotopic (exact) mass is 259 g/mol. The molecule has 0 fully saturated rings. The van der Waals surface area contributed by atoms with Crippen LogP contribution < -0.4 is 0 Å². The van der Waals surface area contributed by atoms with E-state index in [1.165, 1.54) is 10.4 Å². The van der Waals surface area contributed by atoms with Crippen LogP contribution >= 0.6 is 38.6 Å². The molecule has 0 aliphatic rings. The van der Waals surface area contributed by atoms with E-state index in [1.807, 2.05) is 0 Å². The molecule has 0 spiro atoms. The van der Waals surface area contributed by atoms with Gasteiger partial charge in [0.2, 0.25) is 0 Å². The van der Waals surface area contributed by atoms with Gasteiger partial charge in [-0.15, -0.1) is 11.3 Å². The molecule has 0 bridgehead atoms. The van der Waals surface area contributed by atoms with Gasteiger partial charge in [0.1, 0.15) is 0 Å². The van der Waals surface area contributed by atoms with Gasteiger partial charge in [0.15, 0.2) is 3.92 Å². The molecule has 0 unspecified atom stereocenters. The number of nitrogens with zero attached hydrogens (tertiary/aromatic N) is 1. The van der Waals surface area contributed by atoms with Gasteiger partial charge in [-0.05, 0) is 34.3 Å². The second kappa shape index (κ2) is 3.28. The third kappa shape index (κ3) is 1.46. The molecule has 0 saturated heterocycles. The number of thiophene rings is 1. The van der Waals surface area contributed by atoms with E-state index in [2.05, 4.69) is 44.7 Å². The van der Waals surface area contributed by atoms with Gasteiger partial charge in [-0.1, -0.05) is 0 Å². The first-order valence-corrected chi connectivity index (χ1v) is 5.98. The molecule has 2 rings (SSSR count). The lowest BCUT2D eigenvalue weighted by Crippen LogP contribution is -1.74. The Morgan fingerprint density at radius 2 is 2.33 bits per heavy atom. The maximum Gasteiger partial charge on any atom is 0.160 e. The number of rotatable bonds is 1. The summed E-state index contributed by atoms with van der Waals surface area (Å²) in [6.45, 7) is 2.09. The summed E-state index contributed by atoms with van der Waals surface area (Å²) in [5.74, 6) is 0. The molecule has 1 nitrogen and oxygen atoms in total. The minimum atomic E-state index is 0.959. The Labute approximate surface area is 87.2 Å². The van der Waals surface area contributed by atoms with E-state index in [1.54, 1.807) is 22.7 Å². The fourth-order valence-corrected chi connectivity index (χ4v) is 3.23. The summed E-state index contributed by atoms with van der Waals surface area (Å²) in [5.41, 5.74) is 2.33. The zero-order valence-corrected chi connectivity index (χ0v) is 9.59. The average Bonchev–Trinajstić information content (AvgIpc) is 2.58. The van der Waals surface area contributed by atoms with Gasteiger partial charge in [0.25, 0.3) is 0 Å². The number of aromatic nitrogens is 1. The molecule has 2 aromatic rings. The highest BCUT2D eigenvalue weighted by molar-refractivity contribution is 9.11. The molecule has 0 N–H and O–H groups in total. The van der Waals surface area contributed by atoms with E-state index in [0.717, 1.165) is 9.61 Å². The topological polar surface area (TPSA) is 12.9 Å². The van der Waals surface area contributed by atoms with Crippen molar-refractivity contribution < 1.29 is 0 Å². The smallest absolute Gasteiger partial charge is 0.160 e. The predicted molar refractivity (Wildman–Crippen MR) is 57.9 cm³/mol. The van der Waals surface area contributed by atoms with Crippen LogP contribution in [-0.4, -0.2) is 4.98 Å². The Bertz CT molecular complexity index is 378. The Kier molecular flexibility index (Phi) is 2.30. The lowest BCUT2D eigenvalue weighted by molar-refractivity contribution is 1.35. The van der Waals surface area contributed by atoms with E-state index in [9.17, 15) is 0 Å². The van der Waals surface area contributed by atoms with Crippen molar-refractivity contribution in [2.75, 3.05) is 0 Å². The van der Waals surface area contributed by atoms with Crippen molar-refractivity contribution in [1.29, 1.82) is 0 Å². The molecule has 4 heteroatoms. The molecule has 2 aromatic heterocycles. The third-order valence-corrected chi connectivity index (χ3v) is 3.67. The van der Waals surface area contributed by atoms with Crippen molar-refractivity contribution in [3.63, 3.8) is 0 Å². The van der Waals surface area contributed by atoms with Crippen LogP contribution in [0.1, 0.15) is 4.88 Å². The fraction of sp³-hybridized carbons (Fsp3) is 0.125. The Morgan fingerprint density at radius 1 is 1.50 bits per heavy atom. The Hall–Kier alpha value is -0.190. The summed E-state index contributed by atoms with van der Waals surface area (Å²) in [7, 11) is 0. The molecule has 2 heterocycles. The lowest BCUT2D eigenvalue weighted by atomic mass is 10.2. The molecule has 0 radical (unpaired) electrons. The van der Waals surface area contributed by atoms with Gasteiger partial charge in [-0.3, -0.25) is 0 Å². The highest BCUT2D eigenvalue weighted by Gasteiger charge is 2.07. The molecular weight excluding hydrogens is 254 g/mol. The second-order valence-corrected chi connectivity index (χ2v) is 5.64. The number of thiazole rings is 1.